The van der Waals surface area contributed by atoms with Crippen LogP contribution in [0.15, 0.2) is 66.3 Å². The Balaban J connectivity index is 1.67. The van der Waals surface area contributed by atoms with Crippen LogP contribution < -0.4 is 4.74 Å². The van der Waals surface area contributed by atoms with E-state index in [9.17, 15) is 14.9 Å². The highest BCUT2D eigenvalue weighted by molar-refractivity contribution is 7.11. The van der Waals surface area contributed by atoms with Crippen molar-refractivity contribution in [2.45, 2.75) is 0 Å². The van der Waals surface area contributed by atoms with Gasteiger partial charge in [-0.25, -0.2) is 0 Å². The minimum Gasteiger partial charge on any atom is -0.457 e. The second-order valence-electron chi connectivity index (χ2n) is 4.99. The molecule has 0 N–H and O–H groups in total. The summed E-state index contributed by atoms with van der Waals surface area (Å²) in [5.74, 6) is 0.837. The van der Waals surface area contributed by atoms with E-state index in [1.807, 2.05) is 0 Å². The Morgan fingerprint density at radius 1 is 1.16 bits per heavy atom. The van der Waals surface area contributed by atoms with E-state index >= 15 is 0 Å². The third-order valence-electron chi connectivity index (χ3n) is 3.25. The molecule has 0 aliphatic carbocycles. The summed E-state index contributed by atoms with van der Waals surface area (Å²) in [4.78, 5) is 26.6. The summed E-state index contributed by atoms with van der Waals surface area (Å²) in [5, 5.41) is 10.8. The fraction of sp³-hybridized carbons (Fsp3) is 0. The molecule has 0 saturated carbocycles. The van der Waals surface area contributed by atoms with Gasteiger partial charge in [-0.15, -0.1) is 11.3 Å². The van der Waals surface area contributed by atoms with Gasteiger partial charge in [0, 0.05) is 12.3 Å². The maximum atomic E-state index is 11.9. The highest BCUT2D eigenvalue weighted by Gasteiger charge is 2.07. The van der Waals surface area contributed by atoms with Crippen LogP contribution in [-0.2, 0) is 0 Å². The van der Waals surface area contributed by atoms with Gasteiger partial charge in [0.15, 0.2) is 5.78 Å². The number of hydrogen-bond acceptors (Lipinski definition) is 6. The van der Waals surface area contributed by atoms with Crippen molar-refractivity contribution in [3.63, 3.8) is 0 Å². The van der Waals surface area contributed by atoms with E-state index in [2.05, 4.69) is 4.98 Å². The average molecular weight is 352 g/mol. The second kappa shape index (κ2) is 7.50. The van der Waals surface area contributed by atoms with Crippen molar-refractivity contribution in [2.24, 2.45) is 0 Å². The van der Waals surface area contributed by atoms with Gasteiger partial charge in [0.1, 0.15) is 11.5 Å². The van der Waals surface area contributed by atoms with Gasteiger partial charge in [0.25, 0.3) is 5.69 Å². The first kappa shape index (κ1) is 16.5. The first-order chi connectivity index (χ1) is 12.1. The van der Waals surface area contributed by atoms with Gasteiger partial charge in [0.05, 0.1) is 21.4 Å². The lowest BCUT2D eigenvalue weighted by Crippen LogP contribution is -1.90. The molecule has 0 aliphatic heterocycles. The van der Waals surface area contributed by atoms with Crippen molar-refractivity contribution in [3.8, 4) is 11.5 Å². The Hall–Kier alpha value is -3.32. The standard InChI is InChI=1S/C18H12N2O4S/c21-17(18-11-19-12-25-18)9-6-13-4-7-15(8-5-13)24-16-3-1-2-14(10-16)20(22)23/h1-12H/b9-6+. The molecule has 25 heavy (non-hydrogen) atoms. The number of rotatable bonds is 6. The van der Waals surface area contributed by atoms with Crippen molar-refractivity contribution in [1.29, 1.82) is 0 Å². The van der Waals surface area contributed by atoms with Gasteiger partial charge in [-0.1, -0.05) is 24.3 Å². The number of carbonyl (C=O) groups excluding carboxylic acids is 1. The Morgan fingerprint density at radius 3 is 2.64 bits per heavy atom. The van der Waals surface area contributed by atoms with E-state index in [1.165, 1.54) is 35.7 Å². The molecular formula is C18H12N2O4S. The van der Waals surface area contributed by atoms with Gasteiger partial charge >= 0.3 is 0 Å². The van der Waals surface area contributed by atoms with E-state index in [0.29, 0.717) is 16.4 Å². The third-order valence-corrected chi connectivity index (χ3v) is 4.03. The number of nitro benzene ring substituents is 1. The van der Waals surface area contributed by atoms with Gasteiger partial charge in [-0.05, 0) is 29.8 Å². The number of benzene rings is 2. The van der Waals surface area contributed by atoms with Crippen molar-refractivity contribution >= 4 is 28.9 Å². The first-order valence-electron chi connectivity index (χ1n) is 7.25. The largest absolute Gasteiger partial charge is 0.457 e. The van der Waals surface area contributed by atoms with Gasteiger partial charge < -0.3 is 4.74 Å². The minimum absolute atomic E-state index is 0.0290. The topological polar surface area (TPSA) is 82.3 Å². The number of aromatic nitrogens is 1. The van der Waals surface area contributed by atoms with Gasteiger partial charge in [-0.2, -0.15) is 0 Å². The molecule has 0 radical (unpaired) electrons. The average Bonchev–Trinajstić information content (AvgIpc) is 3.16. The summed E-state index contributed by atoms with van der Waals surface area (Å²) in [6.07, 6.45) is 4.73. The quantitative estimate of drug-likeness (QED) is 0.277. The zero-order valence-electron chi connectivity index (χ0n) is 12.9. The maximum Gasteiger partial charge on any atom is 0.273 e. The molecule has 0 atom stereocenters. The number of nitro groups is 1. The second-order valence-corrected chi connectivity index (χ2v) is 5.88. The Morgan fingerprint density at radius 2 is 1.96 bits per heavy atom. The molecule has 0 aliphatic rings. The Kier molecular flexibility index (Phi) is 4.96. The summed E-state index contributed by atoms with van der Waals surface area (Å²) >= 11 is 1.29. The lowest BCUT2D eigenvalue weighted by atomic mass is 10.2. The molecule has 3 rings (SSSR count). The SMILES string of the molecule is O=C(/C=C/c1ccc(Oc2cccc([N+](=O)[O-])c2)cc1)c1cncs1. The van der Waals surface area contributed by atoms with Crippen LogP contribution in [0.1, 0.15) is 15.2 Å². The van der Waals surface area contributed by atoms with Crippen LogP contribution >= 0.6 is 11.3 Å². The van der Waals surface area contributed by atoms with Crippen LogP contribution in [0.4, 0.5) is 5.69 Å². The number of nitrogens with zero attached hydrogens (tertiary/aromatic N) is 2. The number of ketones is 1. The summed E-state index contributed by atoms with van der Waals surface area (Å²) in [6, 6.07) is 13.0. The molecule has 6 nitrogen and oxygen atoms in total. The van der Waals surface area contributed by atoms with Gasteiger partial charge in [0.2, 0.25) is 0 Å². The maximum absolute atomic E-state index is 11.9. The van der Waals surface area contributed by atoms with E-state index in [-0.39, 0.29) is 11.5 Å². The predicted molar refractivity (Wildman–Crippen MR) is 95.1 cm³/mol. The number of carbonyl (C=O) groups is 1. The van der Waals surface area contributed by atoms with E-state index in [4.69, 9.17) is 4.74 Å². The van der Waals surface area contributed by atoms with Crippen molar-refractivity contribution in [1.82, 2.24) is 4.98 Å². The van der Waals surface area contributed by atoms with Crippen LogP contribution in [0, 0.1) is 10.1 Å². The number of non-ortho nitro benzene ring substituents is 1. The predicted octanol–water partition coefficient (Wildman–Crippen LogP) is 4.74. The van der Waals surface area contributed by atoms with Crippen LogP contribution in [0.3, 0.4) is 0 Å². The molecule has 0 saturated heterocycles. The van der Waals surface area contributed by atoms with E-state index in [0.717, 1.165) is 5.56 Å². The molecule has 0 unspecified atom stereocenters. The fourth-order valence-corrected chi connectivity index (χ4v) is 2.58. The third kappa shape index (κ3) is 4.36. The van der Waals surface area contributed by atoms with Crippen molar-refractivity contribution in [2.75, 3.05) is 0 Å². The molecule has 1 aromatic heterocycles. The molecular weight excluding hydrogens is 340 g/mol. The Bertz CT molecular complexity index is 919. The molecule has 124 valence electrons. The molecule has 2 aromatic carbocycles. The molecule has 1 heterocycles. The number of thiazole rings is 1. The fourth-order valence-electron chi connectivity index (χ4n) is 2.04. The smallest absolute Gasteiger partial charge is 0.273 e. The number of hydrogen-bond donors (Lipinski definition) is 0. The zero-order valence-corrected chi connectivity index (χ0v) is 13.7. The lowest BCUT2D eigenvalue weighted by Gasteiger charge is -2.05. The number of allylic oxidation sites excluding steroid dienone is 1. The highest BCUT2D eigenvalue weighted by Crippen LogP contribution is 2.25. The van der Waals surface area contributed by atoms with Crippen LogP contribution in [0.2, 0.25) is 0 Å². The molecule has 0 amide bonds. The lowest BCUT2D eigenvalue weighted by molar-refractivity contribution is -0.384. The summed E-state index contributed by atoms with van der Waals surface area (Å²) < 4.78 is 5.61. The highest BCUT2D eigenvalue weighted by atomic mass is 32.1. The van der Waals surface area contributed by atoms with Crippen LogP contribution in [-0.4, -0.2) is 15.7 Å². The molecule has 0 spiro atoms. The van der Waals surface area contributed by atoms with Crippen LogP contribution in [0.5, 0.6) is 11.5 Å². The molecule has 3 aromatic rings. The normalized spacial score (nSPS) is 10.7. The summed E-state index contributed by atoms with van der Waals surface area (Å²) in [6.45, 7) is 0. The minimum atomic E-state index is -0.471. The first-order valence-corrected chi connectivity index (χ1v) is 8.13. The number of ether oxygens (including phenoxy) is 1. The van der Waals surface area contributed by atoms with Crippen molar-refractivity contribution in [3.05, 3.63) is 86.9 Å². The Labute approximate surface area is 147 Å². The van der Waals surface area contributed by atoms with E-state index in [1.54, 1.807) is 48.0 Å². The van der Waals surface area contributed by atoms with E-state index < -0.39 is 4.92 Å². The van der Waals surface area contributed by atoms with Gasteiger partial charge in [-0.3, -0.25) is 19.9 Å². The summed E-state index contributed by atoms with van der Waals surface area (Å²) in [5.41, 5.74) is 2.42. The monoisotopic (exact) mass is 352 g/mol. The summed E-state index contributed by atoms with van der Waals surface area (Å²) in [7, 11) is 0. The van der Waals surface area contributed by atoms with Crippen LogP contribution in [0.25, 0.3) is 6.08 Å². The molecule has 7 heteroatoms. The molecule has 0 bridgehead atoms. The molecule has 0 fully saturated rings. The zero-order chi connectivity index (χ0) is 17.6. The van der Waals surface area contributed by atoms with Crippen molar-refractivity contribution < 1.29 is 14.5 Å².